The SMILES string of the molecule is O=C(COC(=O)c1ccc(I)cc1)c1ccc(C2CCCCC2)cc1. The summed E-state index contributed by atoms with van der Waals surface area (Å²) in [5, 5.41) is 0. The lowest BCUT2D eigenvalue weighted by molar-refractivity contribution is 0.0474. The predicted molar refractivity (Wildman–Crippen MR) is 106 cm³/mol. The van der Waals surface area contributed by atoms with E-state index in [1.807, 2.05) is 36.4 Å². The molecule has 0 N–H and O–H groups in total. The van der Waals surface area contributed by atoms with Crippen molar-refractivity contribution in [2.45, 2.75) is 38.0 Å². The summed E-state index contributed by atoms with van der Waals surface area (Å²) >= 11 is 2.17. The van der Waals surface area contributed by atoms with Crippen LogP contribution in [-0.2, 0) is 4.74 Å². The Kier molecular flexibility index (Phi) is 6.24. The predicted octanol–water partition coefficient (Wildman–Crippen LogP) is 5.38. The Labute approximate surface area is 161 Å². The standard InChI is InChI=1S/C21H21IO3/c22-19-12-10-18(11-13-19)21(24)25-14-20(23)17-8-6-16(7-9-17)15-4-2-1-3-5-15/h6-13,15H,1-5,14H2. The molecule has 3 rings (SSSR count). The molecule has 1 fully saturated rings. The van der Waals surface area contributed by atoms with Crippen molar-refractivity contribution in [3.05, 3.63) is 68.8 Å². The zero-order valence-corrected chi connectivity index (χ0v) is 16.2. The van der Waals surface area contributed by atoms with Gasteiger partial charge in [0.1, 0.15) is 0 Å². The molecular weight excluding hydrogens is 427 g/mol. The highest BCUT2D eigenvalue weighted by atomic mass is 127. The van der Waals surface area contributed by atoms with Gasteiger partial charge in [0.2, 0.25) is 0 Å². The van der Waals surface area contributed by atoms with E-state index in [1.54, 1.807) is 12.1 Å². The van der Waals surface area contributed by atoms with Crippen LogP contribution in [0.1, 0.15) is 64.3 Å². The average Bonchev–Trinajstić information content (AvgIpc) is 2.67. The van der Waals surface area contributed by atoms with Crippen LogP contribution in [-0.4, -0.2) is 18.4 Å². The van der Waals surface area contributed by atoms with E-state index in [1.165, 1.54) is 37.7 Å². The normalized spacial score (nSPS) is 14.9. The van der Waals surface area contributed by atoms with Gasteiger partial charge in [0.05, 0.1) is 5.56 Å². The highest BCUT2D eigenvalue weighted by Crippen LogP contribution is 2.32. The van der Waals surface area contributed by atoms with Gasteiger partial charge in [-0.25, -0.2) is 4.79 Å². The fourth-order valence-electron chi connectivity index (χ4n) is 3.26. The number of ketones is 1. The van der Waals surface area contributed by atoms with E-state index in [-0.39, 0.29) is 12.4 Å². The van der Waals surface area contributed by atoms with E-state index < -0.39 is 5.97 Å². The van der Waals surface area contributed by atoms with E-state index in [0.717, 1.165) is 3.57 Å². The molecule has 1 aliphatic carbocycles. The minimum atomic E-state index is -0.469. The summed E-state index contributed by atoms with van der Waals surface area (Å²) in [6.07, 6.45) is 6.39. The van der Waals surface area contributed by atoms with Gasteiger partial charge < -0.3 is 4.74 Å². The largest absolute Gasteiger partial charge is 0.454 e. The number of hydrogen-bond donors (Lipinski definition) is 0. The lowest BCUT2D eigenvalue weighted by Gasteiger charge is -2.22. The molecule has 0 amide bonds. The number of esters is 1. The van der Waals surface area contributed by atoms with Crippen LogP contribution in [0, 0.1) is 3.57 Å². The minimum absolute atomic E-state index is 0.172. The highest BCUT2D eigenvalue weighted by molar-refractivity contribution is 14.1. The maximum Gasteiger partial charge on any atom is 0.338 e. The number of benzene rings is 2. The van der Waals surface area contributed by atoms with Crippen LogP contribution in [0.25, 0.3) is 0 Å². The van der Waals surface area contributed by atoms with Crippen LogP contribution >= 0.6 is 22.6 Å². The Morgan fingerprint density at radius 3 is 2.12 bits per heavy atom. The van der Waals surface area contributed by atoms with Crippen molar-refractivity contribution in [1.82, 2.24) is 0 Å². The second-order valence-electron chi connectivity index (χ2n) is 6.46. The lowest BCUT2D eigenvalue weighted by atomic mass is 9.84. The van der Waals surface area contributed by atoms with Crippen LogP contribution in [0.2, 0.25) is 0 Å². The van der Waals surface area contributed by atoms with Crippen molar-refractivity contribution in [2.24, 2.45) is 0 Å². The summed E-state index contributed by atoms with van der Waals surface area (Å²) in [4.78, 5) is 24.2. The lowest BCUT2D eigenvalue weighted by Crippen LogP contribution is -2.14. The molecule has 2 aromatic rings. The molecule has 2 aromatic carbocycles. The molecule has 0 aromatic heterocycles. The Morgan fingerprint density at radius 2 is 1.48 bits per heavy atom. The third-order valence-corrected chi connectivity index (χ3v) is 5.44. The highest BCUT2D eigenvalue weighted by Gasteiger charge is 2.16. The van der Waals surface area contributed by atoms with Gasteiger partial charge in [-0.1, -0.05) is 43.5 Å². The minimum Gasteiger partial charge on any atom is -0.454 e. The van der Waals surface area contributed by atoms with Gasteiger partial charge in [-0.3, -0.25) is 4.79 Å². The van der Waals surface area contributed by atoms with Crippen molar-refractivity contribution in [3.63, 3.8) is 0 Å². The second-order valence-corrected chi connectivity index (χ2v) is 7.71. The third kappa shape index (κ3) is 4.91. The first-order chi connectivity index (χ1) is 12.1. The second kappa shape index (κ2) is 8.61. The Morgan fingerprint density at radius 1 is 0.880 bits per heavy atom. The molecule has 0 spiro atoms. The van der Waals surface area contributed by atoms with Gasteiger partial charge in [-0.2, -0.15) is 0 Å². The number of carbonyl (C=O) groups excluding carboxylic acids is 2. The summed E-state index contributed by atoms with van der Waals surface area (Å²) < 4.78 is 6.18. The van der Waals surface area contributed by atoms with Crippen LogP contribution in [0.4, 0.5) is 0 Å². The third-order valence-electron chi connectivity index (χ3n) is 4.72. The fraction of sp³-hybridized carbons (Fsp3) is 0.333. The quantitative estimate of drug-likeness (QED) is 0.351. The molecule has 1 aliphatic rings. The molecule has 1 saturated carbocycles. The van der Waals surface area contributed by atoms with Gasteiger partial charge in [-0.15, -0.1) is 0 Å². The van der Waals surface area contributed by atoms with Crippen molar-refractivity contribution in [1.29, 1.82) is 0 Å². The maximum atomic E-state index is 12.2. The number of halogens is 1. The zero-order chi connectivity index (χ0) is 17.6. The smallest absolute Gasteiger partial charge is 0.338 e. The van der Waals surface area contributed by atoms with E-state index in [4.69, 9.17) is 4.74 Å². The molecule has 0 bridgehead atoms. The first-order valence-electron chi connectivity index (χ1n) is 8.69. The summed E-state index contributed by atoms with van der Waals surface area (Å²) in [6, 6.07) is 14.9. The number of hydrogen-bond acceptors (Lipinski definition) is 3. The summed E-state index contributed by atoms with van der Waals surface area (Å²) in [6.45, 7) is -0.229. The number of carbonyl (C=O) groups is 2. The molecule has 0 radical (unpaired) electrons. The van der Waals surface area contributed by atoms with Crippen LogP contribution in [0.5, 0.6) is 0 Å². The molecule has 0 heterocycles. The van der Waals surface area contributed by atoms with E-state index in [0.29, 0.717) is 17.0 Å². The van der Waals surface area contributed by atoms with Gasteiger partial charge in [-0.05, 0) is 71.2 Å². The number of Topliss-reactive ketones (excluding diaryl/α,β-unsaturated/α-hetero) is 1. The topological polar surface area (TPSA) is 43.4 Å². The number of ether oxygens (including phenoxy) is 1. The van der Waals surface area contributed by atoms with Crippen LogP contribution in [0.3, 0.4) is 0 Å². The van der Waals surface area contributed by atoms with Crippen molar-refractivity contribution < 1.29 is 14.3 Å². The summed E-state index contributed by atoms with van der Waals surface area (Å²) in [5.41, 5.74) is 2.36. The molecular formula is C21H21IO3. The van der Waals surface area contributed by atoms with Gasteiger partial charge in [0.25, 0.3) is 0 Å². The molecule has 0 aliphatic heterocycles. The molecule has 25 heavy (non-hydrogen) atoms. The average molecular weight is 448 g/mol. The Bertz CT molecular complexity index is 729. The molecule has 0 atom stereocenters. The first-order valence-corrected chi connectivity index (χ1v) is 9.77. The summed E-state index contributed by atoms with van der Waals surface area (Å²) in [7, 11) is 0. The zero-order valence-electron chi connectivity index (χ0n) is 14.0. The van der Waals surface area contributed by atoms with E-state index >= 15 is 0 Å². The Balaban J connectivity index is 1.55. The molecule has 3 nitrogen and oxygen atoms in total. The first kappa shape index (κ1) is 18.1. The number of rotatable bonds is 5. The summed E-state index contributed by atoms with van der Waals surface area (Å²) in [5.74, 6) is -0.0192. The molecule has 4 heteroatoms. The monoisotopic (exact) mass is 448 g/mol. The van der Waals surface area contributed by atoms with Crippen molar-refractivity contribution in [3.8, 4) is 0 Å². The van der Waals surface area contributed by atoms with Gasteiger partial charge >= 0.3 is 5.97 Å². The van der Waals surface area contributed by atoms with Crippen molar-refractivity contribution in [2.75, 3.05) is 6.61 Å². The van der Waals surface area contributed by atoms with E-state index in [9.17, 15) is 9.59 Å². The maximum absolute atomic E-state index is 12.2. The van der Waals surface area contributed by atoms with Gasteiger partial charge in [0, 0.05) is 9.13 Å². The van der Waals surface area contributed by atoms with Gasteiger partial charge in [0.15, 0.2) is 12.4 Å². The molecule has 0 unspecified atom stereocenters. The van der Waals surface area contributed by atoms with E-state index in [2.05, 4.69) is 22.6 Å². The van der Waals surface area contributed by atoms with Crippen LogP contribution < -0.4 is 0 Å². The van der Waals surface area contributed by atoms with Crippen LogP contribution in [0.15, 0.2) is 48.5 Å². The Hall–Kier alpha value is -1.69. The molecule has 130 valence electrons. The fourth-order valence-corrected chi connectivity index (χ4v) is 3.62. The molecule has 0 saturated heterocycles. The van der Waals surface area contributed by atoms with Crippen molar-refractivity contribution >= 4 is 34.3 Å².